The van der Waals surface area contributed by atoms with Gasteiger partial charge in [-0.3, -0.25) is 0 Å². The first-order valence-electron chi connectivity index (χ1n) is 2.01. The van der Waals surface area contributed by atoms with E-state index in [9.17, 15) is 0 Å². The van der Waals surface area contributed by atoms with E-state index in [-0.39, 0.29) is 12.4 Å². The molecule has 48 valence electrons. The lowest BCUT2D eigenvalue weighted by Crippen LogP contribution is -2.34. The van der Waals surface area contributed by atoms with E-state index in [0.29, 0.717) is 0 Å². The van der Waals surface area contributed by atoms with Gasteiger partial charge in [0.25, 0.3) is 0 Å². The van der Waals surface area contributed by atoms with Crippen molar-refractivity contribution in [2.75, 3.05) is 0 Å². The Labute approximate surface area is 55.6 Å². The molecule has 0 aliphatic rings. The summed E-state index contributed by atoms with van der Waals surface area (Å²) in [4.78, 5) is 0. The van der Waals surface area contributed by atoms with Crippen molar-refractivity contribution < 1.29 is 5.21 Å². The SMILES string of the molecule is C#CC(C)(C)NO.Cl. The summed E-state index contributed by atoms with van der Waals surface area (Å²) in [5.74, 6) is 2.33. The van der Waals surface area contributed by atoms with Crippen molar-refractivity contribution in [3.05, 3.63) is 0 Å². The van der Waals surface area contributed by atoms with Gasteiger partial charge in [0.2, 0.25) is 0 Å². The maximum atomic E-state index is 8.20. The highest BCUT2D eigenvalue weighted by atomic mass is 35.5. The minimum atomic E-state index is -0.583. The fourth-order valence-electron chi connectivity index (χ4n) is 0.0323. The maximum absolute atomic E-state index is 8.20. The summed E-state index contributed by atoms with van der Waals surface area (Å²) in [7, 11) is 0. The topological polar surface area (TPSA) is 32.3 Å². The third-order valence-electron chi connectivity index (χ3n) is 0.640. The molecule has 0 aromatic rings. The summed E-state index contributed by atoms with van der Waals surface area (Å²) in [6, 6.07) is 0. The van der Waals surface area contributed by atoms with Crippen molar-refractivity contribution in [3.63, 3.8) is 0 Å². The van der Waals surface area contributed by atoms with E-state index in [2.05, 4.69) is 5.92 Å². The zero-order valence-electron chi connectivity index (χ0n) is 4.93. The molecule has 0 atom stereocenters. The first kappa shape index (κ1) is 10.7. The molecular formula is C5H10ClNO. The van der Waals surface area contributed by atoms with Crippen LogP contribution >= 0.6 is 12.4 Å². The van der Waals surface area contributed by atoms with Gasteiger partial charge in [0.15, 0.2) is 0 Å². The van der Waals surface area contributed by atoms with E-state index >= 15 is 0 Å². The van der Waals surface area contributed by atoms with Crippen molar-refractivity contribution >= 4 is 12.4 Å². The van der Waals surface area contributed by atoms with E-state index < -0.39 is 5.54 Å². The van der Waals surface area contributed by atoms with Gasteiger partial charge in [-0.25, -0.2) is 0 Å². The smallest absolute Gasteiger partial charge is 0.0973 e. The Morgan fingerprint density at radius 3 is 2.00 bits per heavy atom. The first-order valence-corrected chi connectivity index (χ1v) is 2.01. The van der Waals surface area contributed by atoms with Crippen LogP contribution in [0.4, 0.5) is 0 Å². The van der Waals surface area contributed by atoms with Crippen molar-refractivity contribution in [3.8, 4) is 12.3 Å². The highest BCUT2D eigenvalue weighted by molar-refractivity contribution is 5.85. The van der Waals surface area contributed by atoms with Crippen LogP contribution in [-0.2, 0) is 0 Å². The Hall–Kier alpha value is -0.230. The second-order valence-electron chi connectivity index (χ2n) is 1.88. The zero-order chi connectivity index (χ0) is 5.91. The second kappa shape index (κ2) is 3.73. The average Bonchev–Trinajstić information content (AvgIpc) is 1.68. The molecule has 0 fully saturated rings. The van der Waals surface area contributed by atoms with Gasteiger partial charge in [0.1, 0.15) is 0 Å². The molecule has 0 aliphatic heterocycles. The van der Waals surface area contributed by atoms with Crippen LogP contribution < -0.4 is 5.48 Å². The van der Waals surface area contributed by atoms with Gasteiger partial charge in [-0.05, 0) is 13.8 Å². The Morgan fingerprint density at radius 1 is 1.62 bits per heavy atom. The number of hydrogen-bond donors (Lipinski definition) is 2. The molecule has 0 spiro atoms. The van der Waals surface area contributed by atoms with Gasteiger partial charge in [-0.2, -0.15) is 5.48 Å². The summed E-state index contributed by atoms with van der Waals surface area (Å²) >= 11 is 0. The molecule has 0 saturated heterocycles. The molecule has 0 aromatic heterocycles. The fraction of sp³-hybridized carbons (Fsp3) is 0.600. The predicted octanol–water partition coefficient (Wildman–Crippen LogP) is 0.799. The molecule has 0 aliphatic carbocycles. The summed E-state index contributed by atoms with van der Waals surface area (Å²) in [5, 5.41) is 8.20. The number of rotatable bonds is 1. The van der Waals surface area contributed by atoms with Crippen LogP contribution in [0.5, 0.6) is 0 Å². The van der Waals surface area contributed by atoms with Gasteiger partial charge in [0, 0.05) is 0 Å². The highest BCUT2D eigenvalue weighted by Crippen LogP contribution is 1.94. The lowest BCUT2D eigenvalue weighted by Gasteiger charge is -2.12. The van der Waals surface area contributed by atoms with Crippen LogP contribution in [0.2, 0.25) is 0 Å². The maximum Gasteiger partial charge on any atom is 0.0973 e. The molecule has 0 heterocycles. The summed E-state index contributed by atoms with van der Waals surface area (Å²) in [5.41, 5.74) is 1.37. The standard InChI is InChI=1S/C5H9NO.ClH/c1-4-5(2,3)6-7;/h1,6-7H,2-3H3;1H. The van der Waals surface area contributed by atoms with Gasteiger partial charge in [-0.1, -0.05) is 5.92 Å². The third-order valence-corrected chi connectivity index (χ3v) is 0.640. The molecule has 0 amide bonds. The van der Waals surface area contributed by atoms with Crippen LogP contribution in [0.25, 0.3) is 0 Å². The third kappa shape index (κ3) is 3.94. The fourth-order valence-corrected chi connectivity index (χ4v) is 0.0323. The largest absolute Gasteiger partial charge is 0.315 e. The molecule has 0 unspecified atom stereocenters. The lowest BCUT2D eigenvalue weighted by molar-refractivity contribution is 0.111. The molecule has 2 nitrogen and oxygen atoms in total. The average molecular weight is 136 g/mol. The second-order valence-corrected chi connectivity index (χ2v) is 1.88. The Kier molecular flexibility index (Phi) is 4.99. The monoisotopic (exact) mass is 135 g/mol. The normalized spacial score (nSPS) is 9.25. The number of halogens is 1. The van der Waals surface area contributed by atoms with Gasteiger partial charge in [0.05, 0.1) is 5.54 Å². The Bertz CT molecular complexity index is 95.1. The number of hydrogen-bond acceptors (Lipinski definition) is 2. The predicted molar refractivity (Wildman–Crippen MR) is 35.1 cm³/mol. The molecule has 3 heteroatoms. The summed E-state index contributed by atoms with van der Waals surface area (Å²) < 4.78 is 0. The summed E-state index contributed by atoms with van der Waals surface area (Å²) in [6.45, 7) is 3.40. The summed E-state index contributed by atoms with van der Waals surface area (Å²) in [6.07, 6.45) is 4.94. The molecule has 2 N–H and O–H groups in total. The zero-order valence-corrected chi connectivity index (χ0v) is 5.75. The molecule has 0 aromatic carbocycles. The van der Waals surface area contributed by atoms with E-state index in [1.807, 2.05) is 5.48 Å². The number of nitrogens with one attached hydrogen (secondary N) is 1. The van der Waals surface area contributed by atoms with Crippen LogP contribution in [0.3, 0.4) is 0 Å². The van der Waals surface area contributed by atoms with E-state index in [4.69, 9.17) is 11.6 Å². The minimum absolute atomic E-state index is 0. The van der Waals surface area contributed by atoms with Crippen molar-refractivity contribution in [1.29, 1.82) is 0 Å². The highest BCUT2D eigenvalue weighted by Gasteiger charge is 2.08. The van der Waals surface area contributed by atoms with Crippen LogP contribution in [0, 0.1) is 12.3 Å². The Balaban J connectivity index is 0. The van der Waals surface area contributed by atoms with E-state index in [0.717, 1.165) is 0 Å². The van der Waals surface area contributed by atoms with E-state index in [1.54, 1.807) is 13.8 Å². The van der Waals surface area contributed by atoms with Crippen molar-refractivity contribution in [2.45, 2.75) is 19.4 Å². The van der Waals surface area contributed by atoms with Crippen LogP contribution in [0.15, 0.2) is 0 Å². The van der Waals surface area contributed by atoms with Gasteiger partial charge in [-0.15, -0.1) is 18.8 Å². The first-order chi connectivity index (χ1) is 3.12. The molecule has 8 heavy (non-hydrogen) atoms. The van der Waals surface area contributed by atoms with Crippen LogP contribution in [-0.4, -0.2) is 10.7 Å². The quantitative estimate of drug-likeness (QED) is 0.412. The Morgan fingerprint density at radius 2 is 2.00 bits per heavy atom. The number of hydroxylamine groups is 1. The van der Waals surface area contributed by atoms with Gasteiger partial charge >= 0.3 is 0 Å². The lowest BCUT2D eigenvalue weighted by atomic mass is 10.1. The molecule has 0 bridgehead atoms. The molecular weight excluding hydrogens is 126 g/mol. The van der Waals surface area contributed by atoms with Crippen molar-refractivity contribution in [1.82, 2.24) is 5.48 Å². The molecule has 0 saturated carbocycles. The molecule has 0 rings (SSSR count). The van der Waals surface area contributed by atoms with Gasteiger partial charge < -0.3 is 5.21 Å². The van der Waals surface area contributed by atoms with Crippen molar-refractivity contribution in [2.24, 2.45) is 0 Å². The van der Waals surface area contributed by atoms with E-state index in [1.165, 1.54) is 0 Å². The molecule has 0 radical (unpaired) electrons. The number of terminal acetylenes is 1. The minimum Gasteiger partial charge on any atom is -0.315 e. The van der Waals surface area contributed by atoms with Crippen LogP contribution in [0.1, 0.15) is 13.8 Å².